The summed E-state index contributed by atoms with van der Waals surface area (Å²) in [7, 11) is -2.59. The van der Waals surface area contributed by atoms with Gasteiger partial charge < -0.3 is 23.7 Å². The molecule has 0 aliphatic carbocycles. The van der Waals surface area contributed by atoms with Gasteiger partial charge in [-0.3, -0.25) is 4.18 Å². The lowest BCUT2D eigenvalue weighted by Gasteiger charge is -2.41. The summed E-state index contributed by atoms with van der Waals surface area (Å²) < 4.78 is 64.3. The molecule has 0 aromatic heterocycles. The Morgan fingerprint density at radius 3 is 1.60 bits per heavy atom. The van der Waals surface area contributed by atoms with Crippen molar-refractivity contribution in [3.8, 4) is 0 Å². The van der Waals surface area contributed by atoms with Gasteiger partial charge >= 0.3 is 0 Å². The minimum absolute atomic E-state index is 0.0253. The second kappa shape index (κ2) is 16.9. The van der Waals surface area contributed by atoms with E-state index in [9.17, 15) is 8.42 Å². The maximum atomic E-state index is 12.8. The van der Waals surface area contributed by atoms with E-state index in [1.54, 1.807) is 0 Å². The summed E-state index contributed by atoms with van der Waals surface area (Å²) in [6, 6.07) is 49.4. The summed E-state index contributed by atoms with van der Waals surface area (Å²) in [6.45, 7) is 4.42. The summed E-state index contributed by atoms with van der Waals surface area (Å²) >= 11 is 0. The summed E-state index contributed by atoms with van der Waals surface area (Å²) in [5.74, 6) is 0. The molecule has 5 atom stereocenters. The molecule has 0 N–H and O–H groups in total. The van der Waals surface area contributed by atoms with Gasteiger partial charge in [-0.15, -0.1) is 6.58 Å². The first kappa shape index (κ1) is 37.3. The Morgan fingerprint density at radius 1 is 0.731 bits per heavy atom. The van der Waals surface area contributed by atoms with Crippen LogP contribution >= 0.6 is 0 Å². The van der Waals surface area contributed by atoms with E-state index in [0.717, 1.165) is 34.1 Å². The Bertz CT molecular complexity index is 1850. The molecular weight excluding hydrogens is 677 g/mol. The molecule has 1 heterocycles. The molecule has 5 aromatic rings. The first-order chi connectivity index (χ1) is 25.3. The van der Waals surface area contributed by atoms with Crippen molar-refractivity contribution >= 4 is 10.1 Å². The van der Waals surface area contributed by atoms with Crippen molar-refractivity contribution in [1.82, 2.24) is 0 Å². The summed E-state index contributed by atoms with van der Waals surface area (Å²) in [4.78, 5) is 0. The summed E-state index contributed by atoms with van der Waals surface area (Å²) in [5.41, 5.74) is 1.85. The van der Waals surface area contributed by atoms with Gasteiger partial charge in [-0.2, -0.15) is 8.42 Å². The molecule has 270 valence electrons. The highest BCUT2D eigenvalue weighted by Crippen LogP contribution is 2.44. The number of hydrogen-bond acceptors (Lipinski definition) is 8. The van der Waals surface area contributed by atoms with E-state index in [1.807, 2.05) is 152 Å². The van der Waals surface area contributed by atoms with Crippen LogP contribution in [0.2, 0.25) is 0 Å². The van der Waals surface area contributed by atoms with Gasteiger partial charge in [0.25, 0.3) is 10.1 Å². The summed E-state index contributed by atoms with van der Waals surface area (Å²) in [5, 5.41) is 0. The second-order valence-corrected chi connectivity index (χ2v) is 14.2. The van der Waals surface area contributed by atoms with Gasteiger partial charge in [-0.1, -0.05) is 158 Å². The third kappa shape index (κ3) is 8.27. The van der Waals surface area contributed by atoms with E-state index < -0.39 is 45.9 Å². The van der Waals surface area contributed by atoms with E-state index in [4.69, 9.17) is 27.9 Å². The first-order valence-corrected chi connectivity index (χ1v) is 18.9. The predicted octanol–water partition coefficient (Wildman–Crippen LogP) is 7.44. The molecule has 0 amide bonds. The van der Waals surface area contributed by atoms with E-state index in [-0.39, 0.29) is 19.8 Å². The van der Waals surface area contributed by atoms with Crippen LogP contribution in [0.4, 0.5) is 0 Å². The van der Waals surface area contributed by atoms with E-state index >= 15 is 0 Å². The third-order valence-corrected chi connectivity index (χ3v) is 9.79. The van der Waals surface area contributed by atoms with Crippen LogP contribution in [0.3, 0.4) is 0 Å². The van der Waals surface area contributed by atoms with Gasteiger partial charge in [0.15, 0.2) is 12.4 Å². The molecule has 0 saturated carbocycles. The molecule has 5 aromatic carbocycles. The van der Waals surface area contributed by atoms with Crippen molar-refractivity contribution < 1.29 is 36.3 Å². The van der Waals surface area contributed by atoms with E-state index in [2.05, 4.69) is 6.58 Å². The lowest BCUT2D eigenvalue weighted by atomic mass is 9.80. The molecule has 0 spiro atoms. The molecule has 0 unspecified atom stereocenters. The molecule has 9 heteroatoms. The van der Waals surface area contributed by atoms with Crippen LogP contribution in [0, 0.1) is 0 Å². The molecule has 0 bridgehead atoms. The lowest BCUT2D eigenvalue weighted by molar-refractivity contribution is -0.191. The van der Waals surface area contributed by atoms with Gasteiger partial charge in [0.2, 0.25) is 0 Å². The van der Waals surface area contributed by atoms with Crippen LogP contribution in [0.1, 0.15) is 27.8 Å². The maximum Gasteiger partial charge on any atom is 0.264 e. The molecule has 6 rings (SSSR count). The Morgan fingerprint density at radius 2 is 1.17 bits per heavy atom. The van der Waals surface area contributed by atoms with Crippen molar-refractivity contribution in [1.29, 1.82) is 0 Å². The average Bonchev–Trinajstić information content (AvgIpc) is 3.48. The normalized spacial score (nSPS) is 21.1. The topological polar surface area (TPSA) is 89.5 Å². The molecular formula is C43H44O8S. The van der Waals surface area contributed by atoms with E-state index in [0.29, 0.717) is 0 Å². The number of rotatable bonds is 17. The fourth-order valence-electron chi connectivity index (χ4n) is 6.78. The highest BCUT2D eigenvalue weighted by molar-refractivity contribution is 7.86. The van der Waals surface area contributed by atoms with Gasteiger partial charge in [0, 0.05) is 7.11 Å². The van der Waals surface area contributed by atoms with Gasteiger partial charge in [-0.05, 0) is 27.8 Å². The van der Waals surface area contributed by atoms with Crippen LogP contribution in [0.5, 0.6) is 0 Å². The van der Waals surface area contributed by atoms with E-state index in [1.165, 1.54) is 13.2 Å². The molecule has 1 fully saturated rings. The standard InChI is InChI=1S/C43H44O8S/c1-4-42(48-31-34-22-12-6-13-23-34)39(50-41(46-2)40(42)51-52(3,44)45)38(47-30-33-20-10-5-11-21-33)32-49-43(35-24-14-7-15-25-35,36-26-16-8-17-27-36)37-28-18-9-19-29-37/h4-29,38-41H,1,30-32H2,2-3H3/t38-,39-,40+,41-,42-/m1/s1. The van der Waals surface area contributed by atoms with Crippen LogP contribution in [0.25, 0.3) is 0 Å². The van der Waals surface area contributed by atoms with Gasteiger partial charge in [0.05, 0.1) is 26.1 Å². The zero-order chi connectivity index (χ0) is 36.4. The number of hydrogen-bond donors (Lipinski definition) is 0. The Balaban J connectivity index is 1.47. The third-order valence-electron chi connectivity index (χ3n) is 9.23. The highest BCUT2D eigenvalue weighted by Gasteiger charge is 2.62. The predicted molar refractivity (Wildman–Crippen MR) is 200 cm³/mol. The van der Waals surface area contributed by atoms with Crippen molar-refractivity contribution in [3.63, 3.8) is 0 Å². The molecule has 0 radical (unpaired) electrons. The van der Waals surface area contributed by atoms with Crippen molar-refractivity contribution in [2.45, 2.75) is 49.0 Å². The Hall–Kier alpha value is -4.45. The molecule has 52 heavy (non-hydrogen) atoms. The quantitative estimate of drug-likeness (QED) is 0.0557. The minimum Gasteiger partial charge on any atom is -0.368 e. The van der Waals surface area contributed by atoms with Crippen LogP contribution in [-0.2, 0) is 56.8 Å². The first-order valence-electron chi connectivity index (χ1n) is 17.1. The Kier molecular flexibility index (Phi) is 12.1. The van der Waals surface area contributed by atoms with Crippen LogP contribution in [0.15, 0.2) is 164 Å². The molecule has 1 aliphatic rings. The van der Waals surface area contributed by atoms with Crippen molar-refractivity contribution in [2.24, 2.45) is 0 Å². The average molecular weight is 721 g/mol. The zero-order valence-electron chi connectivity index (χ0n) is 29.3. The molecule has 1 saturated heterocycles. The highest BCUT2D eigenvalue weighted by atomic mass is 32.2. The van der Waals surface area contributed by atoms with Crippen LogP contribution < -0.4 is 0 Å². The Labute approximate surface area is 306 Å². The maximum absolute atomic E-state index is 12.8. The fraction of sp³-hybridized carbons (Fsp3) is 0.256. The monoisotopic (exact) mass is 720 g/mol. The second-order valence-electron chi connectivity index (χ2n) is 12.6. The van der Waals surface area contributed by atoms with Gasteiger partial charge in [0.1, 0.15) is 23.4 Å². The minimum atomic E-state index is -4.02. The van der Waals surface area contributed by atoms with Crippen molar-refractivity contribution in [3.05, 3.63) is 192 Å². The van der Waals surface area contributed by atoms with Gasteiger partial charge in [-0.25, -0.2) is 0 Å². The number of ether oxygens (including phenoxy) is 5. The zero-order valence-corrected chi connectivity index (χ0v) is 30.1. The van der Waals surface area contributed by atoms with Crippen molar-refractivity contribution in [2.75, 3.05) is 20.0 Å². The molecule has 8 nitrogen and oxygen atoms in total. The van der Waals surface area contributed by atoms with Crippen LogP contribution in [-0.4, -0.2) is 58.6 Å². The fourth-order valence-corrected chi connectivity index (χ4v) is 7.39. The molecule has 1 aliphatic heterocycles. The number of methoxy groups -OCH3 is 1. The number of benzene rings is 5. The summed E-state index contributed by atoms with van der Waals surface area (Å²) in [6.07, 6.45) is -1.77. The largest absolute Gasteiger partial charge is 0.368 e. The smallest absolute Gasteiger partial charge is 0.264 e. The lowest BCUT2D eigenvalue weighted by Crippen LogP contribution is -2.56. The SMILES string of the molecule is C=C[C@@]1(OCc2ccccc2)[C@@H]([C@@H](COC(c2ccccc2)(c2ccccc2)c2ccccc2)OCc2ccccc2)O[C@@H](OC)[C@@H]1OS(C)(=O)=O.